The number of hydrogen-bond acceptors (Lipinski definition) is 7. The van der Waals surface area contributed by atoms with Gasteiger partial charge in [-0.3, -0.25) is 29.6 Å². The van der Waals surface area contributed by atoms with E-state index in [-0.39, 0.29) is 55.6 Å². The SMILES string of the molecule is CCOC(=O)CN(C(=O)[C@H](CC(=O)NC[C@@H]1CCCN(C(=N)N)C1)NC(=O)c1cc(Cl)ccn1)C1CC1.Cl. The van der Waals surface area contributed by atoms with E-state index in [1.807, 2.05) is 0 Å². The molecule has 0 unspecified atom stereocenters. The number of carbonyl (C=O) groups excluding carboxylic acids is 4. The number of pyridine rings is 1. The number of nitrogens with one attached hydrogen (secondary N) is 3. The molecule has 3 amide bonds. The maximum Gasteiger partial charge on any atom is 0.325 e. The van der Waals surface area contributed by atoms with E-state index in [4.69, 9.17) is 27.5 Å². The lowest BCUT2D eigenvalue weighted by Crippen LogP contribution is -2.53. The molecule has 5 N–H and O–H groups in total. The van der Waals surface area contributed by atoms with Crippen molar-refractivity contribution in [2.75, 3.05) is 32.8 Å². The fraction of sp³-hybridized carbons (Fsp3) is 0.583. The number of guanidine groups is 1. The van der Waals surface area contributed by atoms with Gasteiger partial charge in [0.2, 0.25) is 11.8 Å². The van der Waals surface area contributed by atoms with Crippen LogP contribution in [0.2, 0.25) is 5.02 Å². The third-order valence-corrected chi connectivity index (χ3v) is 6.51. The first-order valence-corrected chi connectivity index (χ1v) is 12.8. The van der Waals surface area contributed by atoms with E-state index in [0.29, 0.717) is 24.7 Å². The third kappa shape index (κ3) is 9.32. The first-order valence-electron chi connectivity index (χ1n) is 12.4. The molecule has 1 saturated heterocycles. The molecule has 0 bridgehead atoms. The molecule has 0 aromatic carbocycles. The van der Waals surface area contributed by atoms with Crippen molar-refractivity contribution >= 4 is 53.7 Å². The molecule has 0 radical (unpaired) electrons. The lowest BCUT2D eigenvalue weighted by Gasteiger charge is -2.33. The highest BCUT2D eigenvalue weighted by Crippen LogP contribution is 2.27. The molecule has 1 aliphatic heterocycles. The molecule has 1 aromatic heterocycles. The number of rotatable bonds is 11. The van der Waals surface area contributed by atoms with Crippen molar-refractivity contribution in [1.29, 1.82) is 5.41 Å². The van der Waals surface area contributed by atoms with Gasteiger partial charge in [-0.2, -0.15) is 0 Å². The number of piperidine rings is 1. The molecule has 2 fully saturated rings. The molecule has 38 heavy (non-hydrogen) atoms. The summed E-state index contributed by atoms with van der Waals surface area (Å²) in [6.45, 7) is 3.21. The summed E-state index contributed by atoms with van der Waals surface area (Å²) in [5.74, 6) is -2.08. The maximum atomic E-state index is 13.5. The highest BCUT2D eigenvalue weighted by Gasteiger charge is 2.38. The number of likely N-dealkylation sites (tertiary alicyclic amines) is 1. The van der Waals surface area contributed by atoms with Crippen LogP contribution in [-0.2, 0) is 19.1 Å². The first-order chi connectivity index (χ1) is 17.7. The minimum atomic E-state index is -1.22. The smallest absolute Gasteiger partial charge is 0.325 e. The Kier molecular flexibility index (Phi) is 12.0. The number of nitrogens with zero attached hydrogens (tertiary/aromatic N) is 3. The summed E-state index contributed by atoms with van der Waals surface area (Å²) in [6.07, 6.45) is 4.23. The summed E-state index contributed by atoms with van der Waals surface area (Å²) < 4.78 is 5.00. The van der Waals surface area contributed by atoms with Gasteiger partial charge in [0.1, 0.15) is 18.3 Å². The van der Waals surface area contributed by atoms with Crippen molar-refractivity contribution in [2.45, 2.75) is 51.1 Å². The maximum absolute atomic E-state index is 13.5. The molecular weight excluding hydrogens is 537 g/mol. The zero-order valence-corrected chi connectivity index (χ0v) is 22.9. The summed E-state index contributed by atoms with van der Waals surface area (Å²) in [6, 6.07) is 1.51. The molecule has 210 valence electrons. The highest BCUT2D eigenvalue weighted by atomic mass is 35.5. The molecule has 1 aliphatic carbocycles. The zero-order chi connectivity index (χ0) is 26.9. The molecule has 2 heterocycles. The Bertz CT molecular complexity index is 1020. The van der Waals surface area contributed by atoms with Crippen molar-refractivity contribution in [2.24, 2.45) is 11.7 Å². The summed E-state index contributed by atoms with van der Waals surface area (Å²) in [5.41, 5.74) is 5.59. The second-order valence-electron chi connectivity index (χ2n) is 9.24. The van der Waals surface area contributed by atoms with E-state index in [9.17, 15) is 19.2 Å². The summed E-state index contributed by atoms with van der Waals surface area (Å²) in [4.78, 5) is 58.5. The molecule has 2 atom stereocenters. The molecule has 1 saturated carbocycles. The molecule has 2 aliphatic rings. The van der Waals surface area contributed by atoms with Gasteiger partial charge in [-0.1, -0.05) is 11.6 Å². The standard InChI is InChI=1S/C24H34ClN7O5.ClH/c1-2-37-21(34)14-32(17-5-6-17)23(36)19(30-22(35)18-10-16(25)7-8-28-18)11-20(33)29-12-15-4-3-9-31(13-15)24(26)27;/h7-8,10,15,17,19H,2-6,9,11-14H2,1H3,(H3,26,27)(H,29,33)(H,30,35);1H/t15-,19-;/m0./s1. The van der Waals surface area contributed by atoms with Crippen LogP contribution in [0.15, 0.2) is 18.3 Å². The van der Waals surface area contributed by atoms with Crippen LogP contribution in [0.4, 0.5) is 0 Å². The van der Waals surface area contributed by atoms with E-state index >= 15 is 0 Å². The minimum absolute atomic E-state index is 0. The monoisotopic (exact) mass is 571 g/mol. The topological polar surface area (TPSA) is 171 Å². The number of amides is 3. The normalized spacial score (nSPS) is 17.4. The Balaban J connectivity index is 0.00000507. The van der Waals surface area contributed by atoms with Crippen molar-refractivity contribution in [3.63, 3.8) is 0 Å². The zero-order valence-electron chi connectivity index (χ0n) is 21.3. The minimum Gasteiger partial charge on any atom is -0.465 e. The second kappa shape index (κ2) is 14.7. The molecule has 1 aromatic rings. The van der Waals surface area contributed by atoms with E-state index < -0.39 is 29.7 Å². The summed E-state index contributed by atoms with van der Waals surface area (Å²) >= 11 is 5.97. The lowest BCUT2D eigenvalue weighted by atomic mass is 9.98. The Labute approximate surface area is 232 Å². The molecule has 0 spiro atoms. The van der Waals surface area contributed by atoms with Crippen LogP contribution in [0.1, 0.15) is 49.5 Å². The van der Waals surface area contributed by atoms with Crippen LogP contribution in [0.5, 0.6) is 0 Å². The van der Waals surface area contributed by atoms with E-state index in [1.165, 1.54) is 23.2 Å². The fourth-order valence-corrected chi connectivity index (χ4v) is 4.41. The molecular formula is C24H35Cl2N7O5. The van der Waals surface area contributed by atoms with Crippen molar-refractivity contribution < 1.29 is 23.9 Å². The van der Waals surface area contributed by atoms with Crippen LogP contribution < -0.4 is 16.4 Å². The van der Waals surface area contributed by atoms with Gasteiger partial charge in [-0.25, -0.2) is 0 Å². The lowest BCUT2D eigenvalue weighted by molar-refractivity contribution is -0.150. The Hall–Kier alpha value is -3.12. The van der Waals surface area contributed by atoms with Gasteiger partial charge in [-0.05, 0) is 50.7 Å². The van der Waals surface area contributed by atoms with Crippen molar-refractivity contribution in [3.8, 4) is 0 Å². The summed E-state index contributed by atoms with van der Waals surface area (Å²) in [7, 11) is 0. The van der Waals surface area contributed by atoms with Crippen molar-refractivity contribution in [3.05, 3.63) is 29.0 Å². The number of nitrogens with two attached hydrogens (primary N) is 1. The van der Waals surface area contributed by atoms with Gasteiger partial charge in [-0.15, -0.1) is 12.4 Å². The van der Waals surface area contributed by atoms with Crippen LogP contribution in [0, 0.1) is 11.3 Å². The van der Waals surface area contributed by atoms with Gasteiger partial charge in [0, 0.05) is 36.9 Å². The second-order valence-corrected chi connectivity index (χ2v) is 9.67. The highest BCUT2D eigenvalue weighted by molar-refractivity contribution is 6.30. The van der Waals surface area contributed by atoms with Crippen LogP contribution in [-0.4, -0.2) is 89.3 Å². The largest absolute Gasteiger partial charge is 0.465 e. The average molecular weight is 572 g/mol. The van der Waals surface area contributed by atoms with Gasteiger partial charge in [0.15, 0.2) is 5.96 Å². The Morgan fingerprint density at radius 2 is 2.05 bits per heavy atom. The Morgan fingerprint density at radius 3 is 2.68 bits per heavy atom. The van der Waals surface area contributed by atoms with Crippen molar-refractivity contribution in [1.82, 2.24) is 25.4 Å². The molecule has 12 nitrogen and oxygen atoms in total. The number of halogens is 2. The van der Waals surface area contributed by atoms with Gasteiger partial charge >= 0.3 is 5.97 Å². The van der Waals surface area contributed by atoms with Gasteiger partial charge < -0.3 is 30.9 Å². The fourth-order valence-electron chi connectivity index (χ4n) is 4.25. The predicted octanol–water partition coefficient (Wildman–Crippen LogP) is 0.921. The van der Waals surface area contributed by atoms with E-state index in [2.05, 4.69) is 15.6 Å². The van der Waals surface area contributed by atoms with Gasteiger partial charge in [0.25, 0.3) is 5.91 Å². The van der Waals surface area contributed by atoms with E-state index in [0.717, 1.165) is 25.7 Å². The first kappa shape index (κ1) is 31.1. The average Bonchev–Trinajstić information content (AvgIpc) is 3.71. The number of esters is 1. The quantitative estimate of drug-likeness (QED) is 0.172. The van der Waals surface area contributed by atoms with Gasteiger partial charge in [0.05, 0.1) is 13.0 Å². The van der Waals surface area contributed by atoms with Crippen LogP contribution >= 0.6 is 24.0 Å². The predicted molar refractivity (Wildman–Crippen MR) is 143 cm³/mol. The number of carbonyl (C=O) groups is 4. The van der Waals surface area contributed by atoms with Crippen LogP contribution in [0.25, 0.3) is 0 Å². The Morgan fingerprint density at radius 1 is 1.32 bits per heavy atom. The number of aromatic nitrogens is 1. The number of ether oxygens (including phenoxy) is 1. The third-order valence-electron chi connectivity index (χ3n) is 6.27. The molecule has 14 heteroatoms. The van der Waals surface area contributed by atoms with E-state index in [1.54, 1.807) is 11.8 Å². The number of hydrogen-bond donors (Lipinski definition) is 4. The molecule has 3 rings (SSSR count). The van der Waals surface area contributed by atoms with Crippen LogP contribution in [0.3, 0.4) is 0 Å². The summed E-state index contributed by atoms with van der Waals surface area (Å²) in [5, 5.41) is 13.4.